The van der Waals surface area contributed by atoms with Crippen LogP contribution in [0.5, 0.6) is 5.75 Å². The van der Waals surface area contributed by atoms with Crippen LogP contribution >= 0.6 is 0 Å². The smallest absolute Gasteiger partial charge is 0.226 e. The first-order chi connectivity index (χ1) is 58.8. The van der Waals surface area contributed by atoms with E-state index in [1.807, 2.05) is 198 Å². The molecule has 25 nitrogen and oxygen atoms in total. The number of hydrogen-bond donors (Lipinski definition) is 0. The molecule has 3 saturated heterocycles. The molecule has 0 unspecified atom stereocenters. The van der Waals surface area contributed by atoms with Crippen molar-refractivity contribution >= 4 is 109 Å². The second kappa shape index (κ2) is 35.1. The van der Waals surface area contributed by atoms with Gasteiger partial charge in [-0.15, -0.1) is 0 Å². The number of nitrogens with zero attached hydrogens (tertiary/aromatic N) is 19. The maximum Gasteiger partial charge on any atom is 0.226 e. The van der Waals surface area contributed by atoms with E-state index < -0.39 is 0 Å². The van der Waals surface area contributed by atoms with Crippen LogP contribution in [-0.2, 0) is 4.74 Å². The van der Waals surface area contributed by atoms with Crippen molar-refractivity contribution in [3.05, 3.63) is 271 Å². The van der Waals surface area contributed by atoms with Gasteiger partial charge in [-0.05, 0) is 133 Å². The minimum atomic E-state index is -0.0324. The number of morpholine rings is 1. The van der Waals surface area contributed by atoms with Gasteiger partial charge >= 0.3 is 0 Å². The van der Waals surface area contributed by atoms with E-state index >= 15 is 0 Å². The van der Waals surface area contributed by atoms with Gasteiger partial charge in [-0.2, -0.15) is 0 Å². The van der Waals surface area contributed by atoms with Gasteiger partial charge in [-0.25, -0.2) is 49.9 Å². The Kier molecular flexibility index (Phi) is 23.7. The van der Waals surface area contributed by atoms with Gasteiger partial charge in [0.25, 0.3) is 0 Å². The van der Waals surface area contributed by atoms with Crippen LogP contribution in [-0.4, -0.2) is 263 Å². The van der Waals surface area contributed by atoms with Crippen molar-refractivity contribution in [3.63, 3.8) is 0 Å². The zero-order chi connectivity index (χ0) is 84.4. The zero-order valence-electron chi connectivity index (χ0n) is 71.1. The molecule has 121 heavy (non-hydrogen) atoms. The van der Waals surface area contributed by atoms with E-state index in [2.05, 4.69) is 111 Å². The fourth-order valence-corrected chi connectivity index (χ4v) is 16.7. The molecule has 2 aromatic heterocycles. The highest BCUT2D eigenvalue weighted by atomic mass is 16.5. The van der Waals surface area contributed by atoms with E-state index in [-0.39, 0.29) is 23.1 Å². The van der Waals surface area contributed by atoms with Crippen LogP contribution in [0.15, 0.2) is 233 Å². The van der Waals surface area contributed by atoms with Crippen molar-refractivity contribution in [1.29, 1.82) is 0 Å². The SMILES string of the molecule is CCN(CC)C1=NC2=C(c3ccc(N4CCN(C)CC4)nc3)C(=O)c3ccccc3C2=N1.CCN(CC)C1=NC2=C(c3ccc(N4CCOCC4)nc3)C(=O)c3ccccc3C2=N1.CCOc1ccc(C2=C3N=C(N(C)C)N=C3c3ccccc3C2=O)c(C)c1.Cc1cc(N2CCN(C)CC2)ccc1C1=C2N=C(N(C)C)N=C2c2ccccc2C1=O. The maximum absolute atomic E-state index is 13.6. The number of pyridine rings is 2. The van der Waals surface area contributed by atoms with Crippen LogP contribution < -0.4 is 19.4 Å². The van der Waals surface area contributed by atoms with Crippen LogP contribution in [0.3, 0.4) is 0 Å². The molecule has 25 heteroatoms. The molecule has 0 amide bonds. The molecule has 0 N–H and O–H groups in total. The molecular weight excluding hydrogens is 1520 g/mol. The number of aryl methyl sites for hydroxylation is 2. The third-order valence-electron chi connectivity index (χ3n) is 23.4. The predicted octanol–water partition coefficient (Wildman–Crippen LogP) is 12.8. The number of ketones is 4. The molecular formula is C96H101N19O6. The molecule has 7 aliphatic heterocycles. The average Bonchev–Trinajstić information content (AvgIpc) is 1.67. The highest BCUT2D eigenvalue weighted by Gasteiger charge is 2.41. The van der Waals surface area contributed by atoms with Crippen LogP contribution in [0, 0.1) is 13.8 Å². The van der Waals surface area contributed by atoms with Crippen molar-refractivity contribution < 1.29 is 28.7 Å². The highest BCUT2D eigenvalue weighted by Crippen LogP contribution is 2.43. The normalized spacial score (nSPS) is 17.6. The molecule has 0 saturated carbocycles. The Morgan fingerprint density at radius 1 is 0.355 bits per heavy atom. The molecule has 6 aromatic carbocycles. The third-order valence-corrected chi connectivity index (χ3v) is 23.4. The molecule has 19 rings (SSSR count). The number of allylic oxidation sites excluding steroid dienone is 8. The topological polar surface area (TPSA) is 241 Å². The molecule has 3 fully saturated rings. The molecule has 8 aromatic rings. The van der Waals surface area contributed by atoms with Gasteiger partial charge in [0, 0.05) is 194 Å². The molecule has 616 valence electrons. The van der Waals surface area contributed by atoms with Gasteiger partial charge < -0.3 is 53.6 Å². The van der Waals surface area contributed by atoms with E-state index in [1.54, 1.807) is 6.20 Å². The van der Waals surface area contributed by atoms with Crippen molar-refractivity contribution in [3.8, 4) is 5.75 Å². The summed E-state index contributed by atoms with van der Waals surface area (Å²) < 4.78 is 11.0. The second-order valence-corrected chi connectivity index (χ2v) is 31.4. The number of anilines is 3. The lowest BCUT2D eigenvalue weighted by Gasteiger charge is -2.34. The van der Waals surface area contributed by atoms with Crippen LogP contribution in [0.1, 0.15) is 132 Å². The largest absolute Gasteiger partial charge is 0.494 e. The standard InChI is InChI=1S/C25H28N6O.C25H27N5O.C24H25N5O2.C22H21N3O2/c1-4-30(5-2)25-27-22-18-8-6-7-9-19(18)24(32)21(23(22)28-25)17-10-11-20(26-16-17)31-14-12-29(3)13-15-31;1-16-15-17(30-13-11-29(4)12-14-30)9-10-18(16)21-23-22(26-25(27-23)28(2)3)19-7-5-6-8-20(19)24(21)31;1-3-28(4-2)24-26-21-17-7-5-6-8-18(17)23(30)20(22(21)27-24)16-9-10-19(25-15-16)29-11-13-31-14-12-29;1-5-27-14-10-11-15(13(2)12-14)18-20-19(23-22(24-20)25(3)4)16-8-6-7-9-17(16)21(18)26/h6-11,16H,4-5,12-15H2,1-3H3;5-10,15H,11-14H2,1-4H3;5-10,15H,3-4,11-14H2,1-2H3;6-12H,5H2,1-4H3. The number of aliphatic imine (C=N–C) groups is 8. The molecule has 0 spiro atoms. The maximum atomic E-state index is 13.6. The number of rotatable bonds is 13. The number of carbonyl (C=O) groups excluding carboxylic acids is 4. The first kappa shape index (κ1) is 81.6. The number of likely N-dealkylation sites (N-methyl/N-ethyl adjacent to an activating group) is 2. The van der Waals surface area contributed by atoms with E-state index in [0.717, 1.165) is 187 Å². The Hall–Kier alpha value is -13.1. The molecule has 0 atom stereocenters. The highest BCUT2D eigenvalue weighted by molar-refractivity contribution is 6.46. The number of benzene rings is 6. The number of hydrogen-bond acceptors (Lipinski definition) is 25. The minimum Gasteiger partial charge on any atom is -0.494 e. The van der Waals surface area contributed by atoms with E-state index in [1.165, 1.54) is 5.69 Å². The fraction of sp³-hybridized carbons (Fsp3) is 0.312. The minimum absolute atomic E-state index is 0.0174. The Morgan fingerprint density at radius 2 is 0.694 bits per heavy atom. The lowest BCUT2D eigenvalue weighted by atomic mass is 9.82. The third kappa shape index (κ3) is 15.9. The average molecular weight is 1620 g/mol. The summed E-state index contributed by atoms with van der Waals surface area (Å²) in [5, 5.41) is 0. The van der Waals surface area contributed by atoms with Crippen molar-refractivity contribution in [2.24, 2.45) is 39.9 Å². The first-order valence-corrected chi connectivity index (χ1v) is 41.8. The predicted molar refractivity (Wildman–Crippen MR) is 484 cm³/mol. The number of carbonyl (C=O) groups is 4. The van der Waals surface area contributed by atoms with E-state index in [0.29, 0.717) is 111 Å². The van der Waals surface area contributed by atoms with Gasteiger partial charge in [0.15, 0.2) is 23.1 Å². The van der Waals surface area contributed by atoms with Gasteiger partial charge in [-0.1, -0.05) is 109 Å². The summed E-state index contributed by atoms with van der Waals surface area (Å²) >= 11 is 0. The summed E-state index contributed by atoms with van der Waals surface area (Å²) in [6.07, 6.45) is 3.59. The van der Waals surface area contributed by atoms with Crippen LogP contribution in [0.2, 0.25) is 0 Å². The lowest BCUT2D eigenvalue weighted by molar-refractivity contribution is 0.104. The van der Waals surface area contributed by atoms with Crippen molar-refractivity contribution in [2.45, 2.75) is 48.5 Å². The number of fused-ring (bicyclic) bond motifs is 12. The number of aromatic nitrogens is 2. The summed E-state index contributed by atoms with van der Waals surface area (Å²) in [5.41, 5.74) is 20.8. The van der Waals surface area contributed by atoms with Crippen molar-refractivity contribution in [2.75, 3.05) is 168 Å². The first-order valence-electron chi connectivity index (χ1n) is 41.8. The monoisotopic (exact) mass is 1620 g/mol. The Bertz CT molecular complexity index is 5890. The van der Waals surface area contributed by atoms with Gasteiger partial charge in [0.2, 0.25) is 23.8 Å². The van der Waals surface area contributed by atoms with Gasteiger partial charge in [-0.3, -0.25) is 19.2 Å². The van der Waals surface area contributed by atoms with Crippen LogP contribution in [0.4, 0.5) is 17.3 Å². The number of Topliss-reactive ketones (excluding diaryl/α,β-unsaturated/α-hetero) is 4. The number of piperazine rings is 2. The molecule has 11 aliphatic rings. The van der Waals surface area contributed by atoms with E-state index in [4.69, 9.17) is 49.4 Å². The second-order valence-electron chi connectivity index (χ2n) is 31.4. The Morgan fingerprint density at radius 3 is 1.05 bits per heavy atom. The lowest BCUT2D eigenvalue weighted by Crippen LogP contribution is -2.44. The quantitative estimate of drug-likeness (QED) is 0.104. The summed E-state index contributed by atoms with van der Waals surface area (Å²) in [5.74, 6) is 5.15. The molecule has 0 bridgehead atoms. The number of guanidine groups is 4. The van der Waals surface area contributed by atoms with Gasteiger partial charge in [0.05, 0.1) is 42.1 Å². The summed E-state index contributed by atoms with van der Waals surface area (Å²) in [6.45, 7) is 29.4. The Labute approximate surface area is 707 Å². The van der Waals surface area contributed by atoms with E-state index in [9.17, 15) is 19.2 Å². The molecule has 4 aliphatic carbocycles. The molecule has 9 heterocycles. The summed E-state index contributed by atoms with van der Waals surface area (Å²) in [6, 6.07) is 50.8. The number of ether oxygens (including phenoxy) is 2. The zero-order valence-corrected chi connectivity index (χ0v) is 71.1. The van der Waals surface area contributed by atoms with Crippen molar-refractivity contribution in [1.82, 2.24) is 39.4 Å². The summed E-state index contributed by atoms with van der Waals surface area (Å²) in [7, 11) is 11.9. The fourth-order valence-electron chi connectivity index (χ4n) is 16.7. The summed E-state index contributed by atoms with van der Waals surface area (Å²) in [4.78, 5) is 121. The van der Waals surface area contributed by atoms with Gasteiger partial charge in [0.1, 0.15) is 63.0 Å². The Balaban J connectivity index is 0.000000120. The van der Waals surface area contributed by atoms with Crippen LogP contribution in [0.25, 0.3) is 22.3 Å². The molecule has 0 radical (unpaired) electrons.